The van der Waals surface area contributed by atoms with Crippen molar-refractivity contribution in [2.24, 2.45) is 5.92 Å². The van der Waals surface area contributed by atoms with Gasteiger partial charge in [0.1, 0.15) is 0 Å². The lowest BCUT2D eigenvalue weighted by Crippen LogP contribution is -2.16. The predicted molar refractivity (Wildman–Crippen MR) is 138 cm³/mol. The van der Waals surface area contributed by atoms with Crippen LogP contribution in [0.3, 0.4) is 0 Å². The summed E-state index contributed by atoms with van der Waals surface area (Å²) in [5, 5.41) is 0. The molecule has 1 aliphatic rings. The number of halogens is 6. The molecule has 39 heavy (non-hydrogen) atoms. The van der Waals surface area contributed by atoms with E-state index in [1.165, 1.54) is 30.3 Å². The van der Waals surface area contributed by atoms with Crippen LogP contribution in [0.2, 0.25) is 0 Å². The van der Waals surface area contributed by atoms with E-state index in [1.807, 2.05) is 6.92 Å². The van der Waals surface area contributed by atoms with Gasteiger partial charge in [-0.15, -0.1) is 0 Å². The maximum absolute atomic E-state index is 15.1. The van der Waals surface area contributed by atoms with Crippen LogP contribution in [0, 0.1) is 40.8 Å². The molecule has 1 saturated carbocycles. The van der Waals surface area contributed by atoms with E-state index >= 15 is 8.78 Å². The molecule has 210 valence electrons. The molecule has 0 amide bonds. The van der Waals surface area contributed by atoms with Gasteiger partial charge in [-0.2, -0.15) is 8.78 Å². The van der Waals surface area contributed by atoms with Gasteiger partial charge in [0, 0.05) is 11.1 Å². The van der Waals surface area contributed by atoms with Gasteiger partial charge < -0.3 is 9.47 Å². The van der Waals surface area contributed by atoms with Crippen molar-refractivity contribution in [3.63, 3.8) is 0 Å². The molecule has 0 N–H and O–H groups in total. The Labute approximate surface area is 225 Å². The van der Waals surface area contributed by atoms with Crippen molar-refractivity contribution in [1.29, 1.82) is 0 Å². The Hall–Kier alpha value is -3.16. The normalized spacial score (nSPS) is 17.3. The molecule has 8 heteroatoms. The van der Waals surface area contributed by atoms with Crippen LogP contribution in [-0.2, 0) is 6.42 Å². The van der Waals surface area contributed by atoms with Gasteiger partial charge >= 0.3 is 0 Å². The number of aryl methyl sites for hydroxylation is 1. The molecule has 1 aliphatic carbocycles. The fourth-order valence-electron chi connectivity index (χ4n) is 5.30. The van der Waals surface area contributed by atoms with Crippen LogP contribution in [0.4, 0.5) is 26.3 Å². The monoisotopic (exact) mass is 550 g/mol. The topological polar surface area (TPSA) is 18.5 Å². The second-order valence-electron chi connectivity index (χ2n) is 9.96. The summed E-state index contributed by atoms with van der Waals surface area (Å²) in [7, 11) is 0. The van der Waals surface area contributed by atoms with Crippen LogP contribution in [0.1, 0.15) is 69.4 Å². The van der Waals surface area contributed by atoms with Crippen molar-refractivity contribution in [1.82, 2.24) is 0 Å². The summed E-state index contributed by atoms with van der Waals surface area (Å²) >= 11 is 0. The number of hydrogen-bond acceptors (Lipinski definition) is 2. The van der Waals surface area contributed by atoms with Crippen LogP contribution in [-0.4, -0.2) is 13.2 Å². The third-order valence-corrected chi connectivity index (χ3v) is 7.45. The molecule has 0 saturated heterocycles. The molecule has 0 spiro atoms. The molecule has 3 aromatic carbocycles. The van der Waals surface area contributed by atoms with E-state index in [0.717, 1.165) is 12.8 Å². The second-order valence-corrected chi connectivity index (χ2v) is 9.96. The van der Waals surface area contributed by atoms with Crippen molar-refractivity contribution in [2.75, 3.05) is 13.2 Å². The molecule has 0 heterocycles. The Morgan fingerprint density at radius 3 is 1.90 bits per heavy atom. The molecule has 0 bridgehead atoms. The van der Waals surface area contributed by atoms with Gasteiger partial charge in [-0.1, -0.05) is 25.1 Å². The fraction of sp³-hybridized carbons (Fsp3) is 0.419. The zero-order valence-electron chi connectivity index (χ0n) is 22.1. The first-order valence-corrected chi connectivity index (χ1v) is 13.4. The lowest BCUT2D eigenvalue weighted by Gasteiger charge is -2.29. The lowest BCUT2D eigenvalue weighted by atomic mass is 9.76. The summed E-state index contributed by atoms with van der Waals surface area (Å²) in [6.07, 6.45) is 4.38. The Kier molecular flexibility index (Phi) is 9.46. The summed E-state index contributed by atoms with van der Waals surface area (Å²) < 4.78 is 98.1. The maximum Gasteiger partial charge on any atom is 0.201 e. The Balaban J connectivity index is 1.40. The van der Waals surface area contributed by atoms with Gasteiger partial charge in [-0.25, -0.2) is 17.6 Å². The third-order valence-electron chi connectivity index (χ3n) is 7.45. The van der Waals surface area contributed by atoms with Crippen molar-refractivity contribution >= 4 is 0 Å². The number of ether oxygens (including phenoxy) is 2. The third kappa shape index (κ3) is 6.20. The molecule has 0 atom stereocenters. The molecule has 0 unspecified atom stereocenters. The average molecular weight is 551 g/mol. The van der Waals surface area contributed by atoms with E-state index in [0.29, 0.717) is 44.3 Å². The number of rotatable bonds is 10. The molecule has 0 aliphatic heterocycles. The van der Waals surface area contributed by atoms with Crippen LogP contribution in [0.15, 0.2) is 36.4 Å². The minimum Gasteiger partial charge on any atom is -0.491 e. The van der Waals surface area contributed by atoms with Crippen molar-refractivity contribution in [2.45, 2.75) is 64.7 Å². The fourth-order valence-corrected chi connectivity index (χ4v) is 5.30. The highest BCUT2D eigenvalue weighted by molar-refractivity contribution is 5.66. The minimum absolute atomic E-state index is 0.0886. The summed E-state index contributed by atoms with van der Waals surface area (Å²) in [6.45, 7) is 3.94. The molecule has 1 fully saturated rings. The highest BCUT2D eigenvalue weighted by atomic mass is 19.2. The molecular formula is C31H32F6O2. The van der Waals surface area contributed by atoms with Crippen LogP contribution in [0.25, 0.3) is 11.1 Å². The Morgan fingerprint density at radius 2 is 1.23 bits per heavy atom. The van der Waals surface area contributed by atoms with Crippen LogP contribution < -0.4 is 9.47 Å². The molecule has 0 aromatic heterocycles. The second kappa shape index (κ2) is 12.8. The van der Waals surface area contributed by atoms with Gasteiger partial charge in [-0.3, -0.25) is 0 Å². The Bertz CT molecular complexity index is 1300. The lowest BCUT2D eigenvalue weighted by molar-refractivity contribution is 0.292. The summed E-state index contributed by atoms with van der Waals surface area (Å²) in [5.74, 6) is -7.06. The van der Waals surface area contributed by atoms with E-state index in [2.05, 4.69) is 0 Å². The zero-order chi connectivity index (χ0) is 28.1. The predicted octanol–water partition coefficient (Wildman–Crippen LogP) is 9.28. The van der Waals surface area contributed by atoms with Gasteiger partial charge in [0.2, 0.25) is 11.6 Å². The maximum atomic E-state index is 15.1. The zero-order valence-corrected chi connectivity index (χ0v) is 22.1. The SMILES string of the molecule is CCCOc1ccc(CCC2CCC(c3ccc(-c4ccc(OCC)c(F)c4F)c(F)c3F)CC2)c(F)c1F. The van der Waals surface area contributed by atoms with E-state index in [4.69, 9.17) is 9.47 Å². The van der Waals surface area contributed by atoms with Crippen LogP contribution >= 0.6 is 0 Å². The molecule has 4 rings (SSSR count). The summed E-state index contributed by atoms with van der Waals surface area (Å²) in [6, 6.07) is 8.09. The standard InChI is InChI=1S/C31H32F6O2/c1-3-17-39-25-15-11-20(26(32)30(25)36)10-7-18-5-8-19(9-6-18)21-12-13-22(28(34)27(21)33)23-14-16-24(38-4-2)31(37)29(23)35/h11-16,18-19H,3-10,17H2,1-2H3. The highest BCUT2D eigenvalue weighted by Crippen LogP contribution is 2.41. The smallest absolute Gasteiger partial charge is 0.201 e. The van der Waals surface area contributed by atoms with Crippen molar-refractivity contribution in [3.8, 4) is 22.6 Å². The Morgan fingerprint density at radius 1 is 0.641 bits per heavy atom. The molecule has 2 nitrogen and oxygen atoms in total. The molecular weight excluding hydrogens is 518 g/mol. The van der Waals surface area contributed by atoms with Gasteiger partial charge in [0.05, 0.1) is 13.2 Å². The average Bonchev–Trinajstić information content (AvgIpc) is 2.94. The van der Waals surface area contributed by atoms with E-state index < -0.39 is 34.9 Å². The van der Waals surface area contributed by atoms with Gasteiger partial charge in [0.15, 0.2) is 34.8 Å². The first-order chi connectivity index (χ1) is 18.8. The van der Waals surface area contributed by atoms with E-state index in [1.54, 1.807) is 13.0 Å². The van der Waals surface area contributed by atoms with Gasteiger partial charge in [0.25, 0.3) is 0 Å². The number of benzene rings is 3. The van der Waals surface area contributed by atoms with E-state index in [9.17, 15) is 17.6 Å². The first-order valence-electron chi connectivity index (χ1n) is 13.4. The quantitative estimate of drug-likeness (QED) is 0.234. The molecule has 3 aromatic rings. The largest absolute Gasteiger partial charge is 0.491 e. The van der Waals surface area contributed by atoms with Crippen molar-refractivity contribution < 1.29 is 35.8 Å². The number of hydrogen-bond donors (Lipinski definition) is 0. The van der Waals surface area contributed by atoms with Crippen LogP contribution in [0.5, 0.6) is 11.5 Å². The molecule has 0 radical (unpaired) electrons. The van der Waals surface area contributed by atoms with Gasteiger partial charge in [-0.05, 0) is 93.0 Å². The highest BCUT2D eigenvalue weighted by Gasteiger charge is 2.28. The van der Waals surface area contributed by atoms with E-state index in [-0.39, 0.29) is 46.6 Å². The minimum atomic E-state index is -1.30. The summed E-state index contributed by atoms with van der Waals surface area (Å²) in [4.78, 5) is 0. The summed E-state index contributed by atoms with van der Waals surface area (Å²) in [5.41, 5.74) is -0.238. The first kappa shape index (κ1) is 28.8. The van der Waals surface area contributed by atoms with Crippen molar-refractivity contribution in [3.05, 3.63) is 82.4 Å².